The number of morpholine rings is 1. The topological polar surface area (TPSA) is 48.8 Å². The second kappa shape index (κ2) is 8.10. The van der Waals surface area contributed by atoms with Crippen LogP contribution >= 0.6 is 23.2 Å². The number of halogens is 2. The first-order valence-corrected chi connectivity index (χ1v) is 8.84. The maximum atomic E-state index is 9.73. The molecule has 5 nitrogen and oxygen atoms in total. The molecule has 0 bridgehead atoms. The maximum absolute atomic E-state index is 9.73. The van der Waals surface area contributed by atoms with Crippen LogP contribution in [0.5, 0.6) is 0 Å². The number of ether oxygens (including phenoxy) is 1. The lowest BCUT2D eigenvalue weighted by Gasteiger charge is -2.30. The molecule has 2 aliphatic rings. The first-order chi connectivity index (χ1) is 11.2. The summed E-state index contributed by atoms with van der Waals surface area (Å²) in [6.07, 6.45) is 3.27. The van der Waals surface area contributed by atoms with Gasteiger partial charge in [0.25, 0.3) is 0 Å². The number of nitrogens with zero attached hydrogens (tertiary/aromatic N) is 3. The highest BCUT2D eigenvalue weighted by Gasteiger charge is 2.34. The molecule has 0 saturated carbocycles. The second-order valence-electron chi connectivity index (χ2n) is 6.39. The number of rotatable bonds is 5. The number of pyridine rings is 1. The molecule has 1 aromatic heterocycles. The van der Waals surface area contributed by atoms with Crippen molar-refractivity contribution in [1.82, 2.24) is 14.8 Å². The molecule has 23 heavy (non-hydrogen) atoms. The Bertz CT molecular complexity index is 506. The summed E-state index contributed by atoms with van der Waals surface area (Å²) in [4.78, 5) is 8.77. The van der Waals surface area contributed by atoms with Crippen LogP contribution in [0.25, 0.3) is 0 Å². The summed E-state index contributed by atoms with van der Waals surface area (Å²) >= 11 is 12.5. The van der Waals surface area contributed by atoms with Gasteiger partial charge in [0.15, 0.2) is 0 Å². The van der Waals surface area contributed by atoms with Gasteiger partial charge in [-0.2, -0.15) is 0 Å². The molecule has 3 rings (SSSR count). The standard InChI is InChI=1S/C16H23Cl2N3O2/c17-15-5-19-6-16(18)14(15)10-21-8-12(13(9-21)11-22)7-20-1-3-23-4-2-20/h5-6,12-13,22H,1-4,7-11H2/t12-,13-/m0/s1. The molecule has 128 valence electrons. The van der Waals surface area contributed by atoms with Crippen LogP contribution in [0.1, 0.15) is 5.56 Å². The van der Waals surface area contributed by atoms with E-state index in [4.69, 9.17) is 27.9 Å². The highest BCUT2D eigenvalue weighted by Crippen LogP contribution is 2.30. The Labute approximate surface area is 147 Å². The minimum atomic E-state index is 0.226. The van der Waals surface area contributed by atoms with Gasteiger partial charge < -0.3 is 9.84 Å². The quantitative estimate of drug-likeness (QED) is 0.867. The van der Waals surface area contributed by atoms with Crippen molar-refractivity contribution in [3.8, 4) is 0 Å². The molecule has 3 heterocycles. The van der Waals surface area contributed by atoms with E-state index in [0.717, 1.165) is 51.5 Å². The fraction of sp³-hybridized carbons (Fsp3) is 0.688. The Kier molecular flexibility index (Phi) is 6.13. The van der Waals surface area contributed by atoms with Crippen LogP contribution in [-0.4, -0.2) is 72.4 Å². The molecule has 0 aliphatic carbocycles. The van der Waals surface area contributed by atoms with Crippen LogP contribution in [0.3, 0.4) is 0 Å². The zero-order valence-corrected chi connectivity index (χ0v) is 14.6. The molecule has 2 atom stereocenters. The normalized spacial score (nSPS) is 26.7. The lowest BCUT2D eigenvalue weighted by Crippen LogP contribution is -2.41. The smallest absolute Gasteiger partial charge is 0.0649 e. The summed E-state index contributed by atoms with van der Waals surface area (Å²) in [6.45, 7) is 7.36. The average molecular weight is 360 g/mol. The largest absolute Gasteiger partial charge is 0.396 e. The van der Waals surface area contributed by atoms with E-state index in [1.165, 1.54) is 0 Å². The van der Waals surface area contributed by atoms with Crippen molar-refractivity contribution >= 4 is 23.2 Å². The van der Waals surface area contributed by atoms with E-state index in [-0.39, 0.29) is 6.61 Å². The van der Waals surface area contributed by atoms with Crippen LogP contribution < -0.4 is 0 Å². The molecular weight excluding hydrogens is 337 g/mol. The summed E-state index contributed by atoms with van der Waals surface area (Å²) < 4.78 is 5.41. The third-order valence-electron chi connectivity index (χ3n) is 4.82. The van der Waals surface area contributed by atoms with Crippen molar-refractivity contribution in [2.45, 2.75) is 6.54 Å². The third-order valence-corrected chi connectivity index (χ3v) is 5.47. The van der Waals surface area contributed by atoms with E-state index in [2.05, 4.69) is 14.8 Å². The summed E-state index contributed by atoms with van der Waals surface area (Å²) in [5.74, 6) is 0.773. The van der Waals surface area contributed by atoms with Gasteiger partial charge in [-0.05, 0) is 11.8 Å². The molecular formula is C16H23Cl2N3O2. The Balaban J connectivity index is 1.61. The summed E-state index contributed by atoms with van der Waals surface area (Å²) in [5, 5.41) is 10.9. The molecule has 2 saturated heterocycles. The Morgan fingerprint density at radius 3 is 2.39 bits per heavy atom. The Morgan fingerprint density at radius 1 is 1.09 bits per heavy atom. The SMILES string of the molecule is OC[C@@H]1CN(Cc2c(Cl)cncc2Cl)C[C@@H]1CN1CCOCC1. The van der Waals surface area contributed by atoms with Crippen molar-refractivity contribution < 1.29 is 9.84 Å². The fourth-order valence-corrected chi connectivity index (χ4v) is 3.99. The molecule has 0 spiro atoms. The predicted octanol–water partition coefficient (Wildman–Crippen LogP) is 1.76. The minimum absolute atomic E-state index is 0.226. The van der Waals surface area contributed by atoms with Crippen molar-refractivity contribution in [1.29, 1.82) is 0 Å². The lowest BCUT2D eigenvalue weighted by atomic mass is 9.96. The second-order valence-corrected chi connectivity index (χ2v) is 7.21. The number of hydrogen-bond acceptors (Lipinski definition) is 5. The number of aliphatic hydroxyl groups excluding tert-OH is 1. The van der Waals surface area contributed by atoms with Gasteiger partial charge in [0.2, 0.25) is 0 Å². The van der Waals surface area contributed by atoms with Gasteiger partial charge in [-0.25, -0.2) is 0 Å². The van der Waals surface area contributed by atoms with Gasteiger partial charge in [0.1, 0.15) is 0 Å². The highest BCUT2D eigenvalue weighted by atomic mass is 35.5. The minimum Gasteiger partial charge on any atom is -0.396 e. The van der Waals surface area contributed by atoms with E-state index < -0.39 is 0 Å². The highest BCUT2D eigenvalue weighted by molar-refractivity contribution is 6.35. The van der Waals surface area contributed by atoms with Crippen LogP contribution in [0.15, 0.2) is 12.4 Å². The van der Waals surface area contributed by atoms with E-state index in [1.54, 1.807) is 12.4 Å². The summed E-state index contributed by atoms with van der Waals surface area (Å²) in [5.41, 5.74) is 0.923. The first kappa shape index (κ1) is 17.4. The third kappa shape index (κ3) is 4.35. The van der Waals surface area contributed by atoms with Crippen molar-refractivity contribution in [2.24, 2.45) is 11.8 Å². The van der Waals surface area contributed by atoms with Crippen molar-refractivity contribution in [3.63, 3.8) is 0 Å². The van der Waals surface area contributed by atoms with Gasteiger partial charge >= 0.3 is 0 Å². The van der Waals surface area contributed by atoms with E-state index in [1.807, 2.05) is 0 Å². The Morgan fingerprint density at radius 2 is 1.74 bits per heavy atom. The van der Waals surface area contributed by atoms with E-state index in [9.17, 15) is 5.11 Å². The van der Waals surface area contributed by atoms with Gasteiger partial charge in [-0.15, -0.1) is 0 Å². The molecule has 0 aromatic carbocycles. The number of aliphatic hydroxyl groups is 1. The molecule has 0 amide bonds. The number of likely N-dealkylation sites (tertiary alicyclic amines) is 1. The molecule has 7 heteroatoms. The molecule has 2 aliphatic heterocycles. The summed E-state index contributed by atoms with van der Waals surface area (Å²) in [7, 11) is 0. The van der Waals surface area contributed by atoms with E-state index >= 15 is 0 Å². The monoisotopic (exact) mass is 359 g/mol. The van der Waals surface area contributed by atoms with Gasteiger partial charge in [0, 0.05) is 63.8 Å². The van der Waals surface area contributed by atoms with Crippen LogP contribution in [0, 0.1) is 11.8 Å². The molecule has 1 aromatic rings. The molecule has 0 radical (unpaired) electrons. The first-order valence-electron chi connectivity index (χ1n) is 8.08. The van der Waals surface area contributed by atoms with Gasteiger partial charge in [0.05, 0.1) is 23.3 Å². The Hall–Kier alpha value is -0.430. The maximum Gasteiger partial charge on any atom is 0.0649 e. The zero-order chi connectivity index (χ0) is 16.2. The van der Waals surface area contributed by atoms with Crippen molar-refractivity contribution in [3.05, 3.63) is 28.0 Å². The van der Waals surface area contributed by atoms with Gasteiger partial charge in [-0.3, -0.25) is 14.8 Å². The van der Waals surface area contributed by atoms with Crippen LogP contribution in [0.4, 0.5) is 0 Å². The summed E-state index contributed by atoms with van der Waals surface area (Å²) in [6, 6.07) is 0. The lowest BCUT2D eigenvalue weighted by molar-refractivity contribution is 0.0264. The average Bonchev–Trinajstić information content (AvgIpc) is 2.94. The van der Waals surface area contributed by atoms with Gasteiger partial charge in [-0.1, -0.05) is 23.2 Å². The predicted molar refractivity (Wildman–Crippen MR) is 90.9 cm³/mol. The number of hydrogen-bond donors (Lipinski definition) is 1. The number of aromatic nitrogens is 1. The van der Waals surface area contributed by atoms with E-state index in [0.29, 0.717) is 28.4 Å². The molecule has 0 unspecified atom stereocenters. The van der Waals surface area contributed by atoms with Crippen molar-refractivity contribution in [2.75, 3.05) is 52.5 Å². The molecule has 2 fully saturated rings. The fourth-order valence-electron chi connectivity index (χ4n) is 3.51. The van der Waals surface area contributed by atoms with Crippen LogP contribution in [0.2, 0.25) is 10.0 Å². The van der Waals surface area contributed by atoms with Crippen LogP contribution in [-0.2, 0) is 11.3 Å². The molecule has 1 N–H and O–H groups in total. The zero-order valence-electron chi connectivity index (χ0n) is 13.1.